The SMILES string of the molecule is CC(=O)N(CCC(=O)Nc1ccc(C)cc1C)c1cccc(Cl)c1. The summed E-state index contributed by atoms with van der Waals surface area (Å²) >= 11 is 5.98. The Hall–Kier alpha value is -2.33. The Kier molecular flexibility index (Phi) is 5.99. The number of hydrogen-bond acceptors (Lipinski definition) is 2. The molecule has 0 saturated carbocycles. The van der Waals surface area contributed by atoms with E-state index < -0.39 is 0 Å². The first-order valence-corrected chi connectivity index (χ1v) is 8.15. The summed E-state index contributed by atoms with van der Waals surface area (Å²) in [4.78, 5) is 25.6. The molecule has 0 unspecified atom stereocenters. The van der Waals surface area contributed by atoms with Gasteiger partial charge in [-0.1, -0.05) is 35.4 Å². The predicted molar refractivity (Wildman–Crippen MR) is 98.6 cm³/mol. The third kappa shape index (κ3) is 4.83. The smallest absolute Gasteiger partial charge is 0.226 e. The van der Waals surface area contributed by atoms with Gasteiger partial charge in [-0.05, 0) is 43.7 Å². The third-order valence-corrected chi connectivity index (χ3v) is 3.95. The molecule has 2 aromatic carbocycles. The number of benzene rings is 2. The lowest BCUT2D eigenvalue weighted by atomic mass is 10.1. The van der Waals surface area contributed by atoms with Crippen molar-refractivity contribution in [2.75, 3.05) is 16.8 Å². The van der Waals surface area contributed by atoms with Crippen molar-refractivity contribution in [1.82, 2.24) is 0 Å². The summed E-state index contributed by atoms with van der Waals surface area (Å²) < 4.78 is 0. The molecule has 5 heteroatoms. The highest BCUT2D eigenvalue weighted by molar-refractivity contribution is 6.30. The lowest BCUT2D eigenvalue weighted by molar-refractivity contribution is -0.117. The van der Waals surface area contributed by atoms with Crippen molar-refractivity contribution in [1.29, 1.82) is 0 Å². The summed E-state index contributed by atoms with van der Waals surface area (Å²) in [5, 5.41) is 3.45. The second-order valence-corrected chi connectivity index (χ2v) is 6.20. The van der Waals surface area contributed by atoms with Crippen LogP contribution in [0.4, 0.5) is 11.4 Å². The number of hydrogen-bond donors (Lipinski definition) is 1. The van der Waals surface area contributed by atoms with Crippen molar-refractivity contribution in [2.24, 2.45) is 0 Å². The van der Waals surface area contributed by atoms with Crippen molar-refractivity contribution in [3.63, 3.8) is 0 Å². The molecule has 2 amide bonds. The van der Waals surface area contributed by atoms with Gasteiger partial charge in [0.2, 0.25) is 11.8 Å². The van der Waals surface area contributed by atoms with Gasteiger partial charge in [0.25, 0.3) is 0 Å². The van der Waals surface area contributed by atoms with Crippen LogP contribution in [0.3, 0.4) is 0 Å². The number of nitrogens with one attached hydrogen (secondary N) is 1. The van der Waals surface area contributed by atoms with Gasteiger partial charge in [-0.25, -0.2) is 0 Å². The quantitative estimate of drug-likeness (QED) is 0.877. The molecule has 0 bridgehead atoms. The molecule has 0 fully saturated rings. The number of aryl methyl sites for hydroxylation is 2. The Bertz CT molecular complexity index is 759. The molecule has 0 saturated heterocycles. The highest BCUT2D eigenvalue weighted by atomic mass is 35.5. The van der Waals surface area contributed by atoms with E-state index in [0.717, 1.165) is 16.8 Å². The van der Waals surface area contributed by atoms with Gasteiger partial charge in [-0.2, -0.15) is 0 Å². The van der Waals surface area contributed by atoms with Gasteiger partial charge >= 0.3 is 0 Å². The van der Waals surface area contributed by atoms with Crippen LogP contribution in [0.2, 0.25) is 5.02 Å². The van der Waals surface area contributed by atoms with Crippen LogP contribution < -0.4 is 10.2 Å². The third-order valence-electron chi connectivity index (χ3n) is 3.72. The van der Waals surface area contributed by atoms with Crippen LogP contribution in [0.5, 0.6) is 0 Å². The van der Waals surface area contributed by atoms with Crippen LogP contribution in [0, 0.1) is 13.8 Å². The van der Waals surface area contributed by atoms with Crippen molar-refractivity contribution in [3.8, 4) is 0 Å². The highest BCUT2D eigenvalue weighted by Crippen LogP contribution is 2.20. The molecule has 4 nitrogen and oxygen atoms in total. The lowest BCUT2D eigenvalue weighted by Crippen LogP contribution is -2.32. The summed E-state index contributed by atoms with van der Waals surface area (Å²) in [5.74, 6) is -0.258. The van der Waals surface area contributed by atoms with Gasteiger partial charge in [-0.3, -0.25) is 9.59 Å². The molecule has 126 valence electrons. The fourth-order valence-electron chi connectivity index (χ4n) is 2.49. The van der Waals surface area contributed by atoms with E-state index in [4.69, 9.17) is 11.6 Å². The molecule has 24 heavy (non-hydrogen) atoms. The van der Waals surface area contributed by atoms with Gasteiger partial charge < -0.3 is 10.2 Å². The van der Waals surface area contributed by atoms with E-state index in [2.05, 4.69) is 5.32 Å². The topological polar surface area (TPSA) is 49.4 Å². The number of carbonyl (C=O) groups excluding carboxylic acids is 2. The van der Waals surface area contributed by atoms with E-state index in [0.29, 0.717) is 17.3 Å². The summed E-state index contributed by atoms with van der Waals surface area (Å²) in [6.07, 6.45) is 0.208. The maximum Gasteiger partial charge on any atom is 0.226 e. The van der Waals surface area contributed by atoms with Gasteiger partial charge in [-0.15, -0.1) is 0 Å². The number of anilines is 2. The molecule has 0 aliphatic carbocycles. The van der Waals surface area contributed by atoms with E-state index in [9.17, 15) is 9.59 Å². The standard InChI is InChI=1S/C19H21ClN2O2/c1-13-7-8-18(14(2)11-13)21-19(24)9-10-22(15(3)23)17-6-4-5-16(20)12-17/h4-8,11-12H,9-10H2,1-3H3,(H,21,24). The summed E-state index contributed by atoms with van der Waals surface area (Å²) in [5.41, 5.74) is 3.65. The lowest BCUT2D eigenvalue weighted by Gasteiger charge is -2.21. The first-order chi connectivity index (χ1) is 11.4. The number of amides is 2. The summed E-state index contributed by atoms with van der Waals surface area (Å²) in [7, 11) is 0. The minimum atomic E-state index is -0.129. The van der Waals surface area contributed by atoms with E-state index in [-0.39, 0.29) is 18.2 Å². The molecule has 0 atom stereocenters. The average molecular weight is 345 g/mol. The van der Waals surface area contributed by atoms with E-state index in [1.54, 1.807) is 29.2 Å². The first-order valence-electron chi connectivity index (χ1n) is 7.77. The Morgan fingerprint density at radius 3 is 2.50 bits per heavy atom. The maximum atomic E-state index is 12.2. The zero-order chi connectivity index (χ0) is 17.7. The summed E-state index contributed by atoms with van der Waals surface area (Å²) in [6, 6.07) is 12.9. The Labute approximate surface area is 147 Å². The van der Waals surface area contributed by atoms with Crippen molar-refractivity contribution >= 4 is 34.8 Å². The van der Waals surface area contributed by atoms with Crippen molar-refractivity contribution < 1.29 is 9.59 Å². The molecule has 0 heterocycles. The van der Waals surface area contributed by atoms with Crippen molar-refractivity contribution in [2.45, 2.75) is 27.2 Å². The Morgan fingerprint density at radius 1 is 1.12 bits per heavy atom. The molecule has 1 N–H and O–H groups in total. The normalized spacial score (nSPS) is 10.3. The molecule has 0 spiro atoms. The largest absolute Gasteiger partial charge is 0.326 e. The molecule has 2 aromatic rings. The van der Waals surface area contributed by atoms with Crippen molar-refractivity contribution in [3.05, 3.63) is 58.6 Å². The van der Waals surface area contributed by atoms with Gasteiger partial charge in [0, 0.05) is 36.3 Å². The molecule has 0 radical (unpaired) electrons. The fourth-order valence-corrected chi connectivity index (χ4v) is 2.68. The van der Waals surface area contributed by atoms with Crippen LogP contribution in [-0.2, 0) is 9.59 Å². The second kappa shape index (κ2) is 7.97. The molecule has 2 rings (SSSR count). The maximum absolute atomic E-state index is 12.2. The minimum Gasteiger partial charge on any atom is -0.326 e. The van der Waals surface area contributed by atoms with E-state index in [1.165, 1.54) is 6.92 Å². The van der Waals surface area contributed by atoms with Crippen LogP contribution in [0.15, 0.2) is 42.5 Å². The Balaban J connectivity index is 2.01. The summed E-state index contributed by atoms with van der Waals surface area (Å²) in [6.45, 7) is 5.74. The minimum absolute atomic E-state index is 0.128. The Morgan fingerprint density at radius 2 is 1.88 bits per heavy atom. The number of nitrogens with zero attached hydrogens (tertiary/aromatic N) is 1. The average Bonchev–Trinajstić information content (AvgIpc) is 2.50. The number of halogens is 1. The number of carbonyl (C=O) groups is 2. The van der Waals surface area contributed by atoms with Gasteiger partial charge in [0.05, 0.1) is 0 Å². The van der Waals surface area contributed by atoms with Crippen LogP contribution in [0.25, 0.3) is 0 Å². The van der Waals surface area contributed by atoms with Crippen LogP contribution in [-0.4, -0.2) is 18.4 Å². The second-order valence-electron chi connectivity index (χ2n) is 5.77. The van der Waals surface area contributed by atoms with Crippen LogP contribution in [0.1, 0.15) is 24.5 Å². The molecule has 0 aliphatic heterocycles. The predicted octanol–water partition coefficient (Wildman–Crippen LogP) is 4.34. The zero-order valence-electron chi connectivity index (χ0n) is 14.1. The molecule has 0 aromatic heterocycles. The van der Waals surface area contributed by atoms with E-state index >= 15 is 0 Å². The highest BCUT2D eigenvalue weighted by Gasteiger charge is 2.14. The molecular formula is C19H21ClN2O2. The van der Waals surface area contributed by atoms with E-state index in [1.807, 2.05) is 32.0 Å². The van der Waals surface area contributed by atoms with Crippen LogP contribution >= 0.6 is 11.6 Å². The zero-order valence-corrected chi connectivity index (χ0v) is 14.9. The monoisotopic (exact) mass is 344 g/mol. The molecule has 0 aliphatic rings. The fraction of sp³-hybridized carbons (Fsp3) is 0.263. The number of rotatable bonds is 5. The first kappa shape index (κ1) is 18.0. The van der Waals surface area contributed by atoms with Gasteiger partial charge in [0.15, 0.2) is 0 Å². The molecular weight excluding hydrogens is 324 g/mol. The van der Waals surface area contributed by atoms with Gasteiger partial charge in [0.1, 0.15) is 0 Å².